The minimum absolute atomic E-state index is 0.0181. The van der Waals surface area contributed by atoms with Crippen LogP contribution in [0.4, 0.5) is 11.6 Å². The Morgan fingerprint density at radius 1 is 1.12 bits per heavy atom. The molecule has 1 saturated heterocycles. The fraction of sp³-hybridized carbons (Fsp3) is 0.556. The molecule has 1 N–H and O–H groups in total. The monoisotopic (exact) mass is 357 g/mol. The van der Waals surface area contributed by atoms with E-state index in [0.29, 0.717) is 6.42 Å². The van der Waals surface area contributed by atoms with Gasteiger partial charge in [-0.05, 0) is 25.5 Å². The average molecular weight is 357 g/mol. The molecule has 3 rings (SSSR count). The second kappa shape index (κ2) is 9.28. The molecule has 0 spiro atoms. The Hall–Kier alpha value is -2.48. The Morgan fingerprint density at radius 2 is 1.85 bits per heavy atom. The Kier molecular flexibility index (Phi) is 6.54. The number of carbonyl (C=O) groups is 1. The van der Waals surface area contributed by atoms with E-state index in [1.165, 1.54) is 0 Å². The number of piperazine rings is 1. The van der Waals surface area contributed by atoms with Crippen molar-refractivity contribution in [2.75, 3.05) is 42.9 Å². The first-order chi connectivity index (χ1) is 12.7. The number of hydrogen-bond donors (Lipinski definition) is 1. The van der Waals surface area contributed by atoms with Crippen LogP contribution >= 0.6 is 0 Å². The number of hydrogen-bond acceptors (Lipinski definition) is 6. The molecule has 3 heterocycles. The van der Waals surface area contributed by atoms with Crippen LogP contribution in [0.3, 0.4) is 0 Å². The number of unbranched alkanes of at least 4 members (excludes halogenated alkanes) is 1. The van der Waals surface area contributed by atoms with Gasteiger partial charge < -0.3 is 10.2 Å². The van der Waals surface area contributed by atoms with Crippen LogP contribution in [-0.4, -0.2) is 63.3 Å². The van der Waals surface area contributed by atoms with Gasteiger partial charge in [-0.3, -0.25) is 14.4 Å². The molecule has 1 fully saturated rings. The molecule has 2 aromatic heterocycles. The van der Waals surface area contributed by atoms with Gasteiger partial charge in [-0.1, -0.05) is 6.92 Å². The van der Waals surface area contributed by atoms with Crippen molar-refractivity contribution in [2.24, 2.45) is 0 Å². The average Bonchev–Trinajstić information content (AvgIpc) is 3.13. The molecule has 1 aliphatic rings. The normalized spacial score (nSPS) is 15.2. The lowest BCUT2D eigenvalue weighted by atomic mass is 10.2. The molecule has 1 aliphatic heterocycles. The smallest absolute Gasteiger partial charge is 0.225 e. The number of nitrogens with zero attached hydrogens (tertiary/aromatic N) is 6. The van der Waals surface area contributed by atoms with Crippen LogP contribution in [0, 0.1) is 0 Å². The second-order valence-electron chi connectivity index (χ2n) is 6.48. The number of carbonyl (C=O) groups excluding carboxylic acids is 1. The molecule has 0 saturated carbocycles. The quantitative estimate of drug-likeness (QED) is 0.724. The van der Waals surface area contributed by atoms with Crippen molar-refractivity contribution in [2.45, 2.75) is 32.7 Å². The summed E-state index contributed by atoms with van der Waals surface area (Å²) in [5.74, 6) is 0.849. The maximum Gasteiger partial charge on any atom is 0.225 e. The molecule has 8 heteroatoms. The van der Waals surface area contributed by atoms with E-state index in [1.54, 1.807) is 18.6 Å². The van der Waals surface area contributed by atoms with Gasteiger partial charge in [0.05, 0.1) is 11.9 Å². The first-order valence-corrected chi connectivity index (χ1v) is 9.31. The van der Waals surface area contributed by atoms with Crippen molar-refractivity contribution < 1.29 is 4.79 Å². The molecule has 8 nitrogen and oxygen atoms in total. The zero-order valence-electron chi connectivity index (χ0n) is 15.3. The van der Waals surface area contributed by atoms with Crippen molar-refractivity contribution in [3.8, 4) is 0 Å². The van der Waals surface area contributed by atoms with Gasteiger partial charge in [0.15, 0.2) is 0 Å². The first-order valence-electron chi connectivity index (χ1n) is 9.31. The lowest BCUT2D eigenvalue weighted by molar-refractivity contribution is -0.115. The highest BCUT2D eigenvalue weighted by Crippen LogP contribution is 2.11. The minimum atomic E-state index is 0.0181. The van der Waals surface area contributed by atoms with Crippen molar-refractivity contribution >= 4 is 17.5 Å². The predicted octanol–water partition coefficient (Wildman–Crippen LogP) is 1.62. The Labute approximate surface area is 154 Å². The van der Waals surface area contributed by atoms with E-state index in [2.05, 4.69) is 30.2 Å². The van der Waals surface area contributed by atoms with Gasteiger partial charge in [0.2, 0.25) is 11.9 Å². The lowest BCUT2D eigenvalue weighted by Gasteiger charge is -2.34. The van der Waals surface area contributed by atoms with Crippen LogP contribution in [0.15, 0.2) is 30.9 Å². The van der Waals surface area contributed by atoms with E-state index in [-0.39, 0.29) is 5.91 Å². The summed E-state index contributed by atoms with van der Waals surface area (Å²) in [7, 11) is 0. The van der Waals surface area contributed by atoms with Crippen molar-refractivity contribution in [1.29, 1.82) is 0 Å². The lowest BCUT2D eigenvalue weighted by Crippen LogP contribution is -2.47. The van der Waals surface area contributed by atoms with E-state index in [4.69, 9.17) is 0 Å². The highest BCUT2D eigenvalue weighted by Gasteiger charge is 2.18. The van der Waals surface area contributed by atoms with Gasteiger partial charge in [-0.15, -0.1) is 0 Å². The Morgan fingerprint density at radius 3 is 2.58 bits per heavy atom. The molecular formula is C18H27N7O. The highest BCUT2D eigenvalue weighted by molar-refractivity contribution is 5.90. The van der Waals surface area contributed by atoms with E-state index in [9.17, 15) is 4.79 Å². The predicted molar refractivity (Wildman–Crippen MR) is 101 cm³/mol. The molecule has 26 heavy (non-hydrogen) atoms. The van der Waals surface area contributed by atoms with Gasteiger partial charge >= 0.3 is 0 Å². The molecule has 0 atom stereocenters. The zero-order chi connectivity index (χ0) is 18.2. The molecular weight excluding hydrogens is 330 g/mol. The fourth-order valence-corrected chi connectivity index (χ4v) is 3.03. The number of aromatic nitrogens is 4. The molecule has 0 aliphatic carbocycles. The maximum atomic E-state index is 11.4. The van der Waals surface area contributed by atoms with E-state index >= 15 is 0 Å². The van der Waals surface area contributed by atoms with Gasteiger partial charge in [-0.2, -0.15) is 5.10 Å². The fourth-order valence-electron chi connectivity index (χ4n) is 3.03. The molecule has 0 radical (unpaired) electrons. The number of rotatable bonds is 8. The van der Waals surface area contributed by atoms with Gasteiger partial charge in [0.25, 0.3) is 0 Å². The number of anilines is 2. The molecule has 140 valence electrons. The summed E-state index contributed by atoms with van der Waals surface area (Å²) in [5.41, 5.74) is 0.774. The van der Waals surface area contributed by atoms with Crippen LogP contribution in [0.25, 0.3) is 0 Å². The summed E-state index contributed by atoms with van der Waals surface area (Å²) in [6.45, 7) is 7.87. The number of nitrogens with one attached hydrogen (secondary N) is 1. The summed E-state index contributed by atoms with van der Waals surface area (Å²) >= 11 is 0. The molecule has 2 aromatic rings. The first kappa shape index (κ1) is 18.3. The zero-order valence-corrected chi connectivity index (χ0v) is 15.3. The topological polar surface area (TPSA) is 79.2 Å². The molecule has 1 amide bonds. The summed E-state index contributed by atoms with van der Waals surface area (Å²) in [6.07, 6.45) is 9.88. The van der Waals surface area contributed by atoms with E-state index in [0.717, 1.165) is 63.7 Å². The van der Waals surface area contributed by atoms with Crippen LogP contribution in [0.1, 0.15) is 26.2 Å². The Balaban J connectivity index is 1.32. The van der Waals surface area contributed by atoms with Crippen molar-refractivity contribution in [3.63, 3.8) is 0 Å². The van der Waals surface area contributed by atoms with E-state index in [1.807, 2.05) is 23.9 Å². The third-order valence-corrected chi connectivity index (χ3v) is 4.56. The van der Waals surface area contributed by atoms with Crippen LogP contribution in [0.2, 0.25) is 0 Å². The summed E-state index contributed by atoms with van der Waals surface area (Å²) in [4.78, 5) is 24.8. The molecule has 0 bridgehead atoms. The third kappa shape index (κ3) is 5.26. The standard InChI is InChI=1S/C18H27N7O/c1-2-17(26)22-16-14-21-25(15-16)9-4-3-8-23-10-12-24(13-11-23)18-19-6-5-7-20-18/h5-7,14-15H,2-4,8-13H2,1H3,(H,22,26). The van der Waals surface area contributed by atoms with Gasteiger partial charge in [0.1, 0.15) is 0 Å². The molecule has 0 aromatic carbocycles. The number of aryl methyl sites for hydroxylation is 1. The summed E-state index contributed by atoms with van der Waals surface area (Å²) in [5, 5.41) is 7.13. The minimum Gasteiger partial charge on any atom is -0.338 e. The Bertz CT molecular complexity index is 680. The van der Waals surface area contributed by atoms with E-state index < -0.39 is 0 Å². The second-order valence-corrected chi connectivity index (χ2v) is 6.48. The van der Waals surface area contributed by atoms with Crippen molar-refractivity contribution in [1.82, 2.24) is 24.6 Å². The SMILES string of the molecule is CCC(=O)Nc1cnn(CCCCN2CCN(c3ncccn3)CC2)c1. The van der Waals surface area contributed by atoms with Crippen molar-refractivity contribution in [3.05, 3.63) is 30.9 Å². The third-order valence-electron chi connectivity index (χ3n) is 4.56. The van der Waals surface area contributed by atoms with Crippen LogP contribution < -0.4 is 10.2 Å². The van der Waals surface area contributed by atoms with Crippen LogP contribution in [0.5, 0.6) is 0 Å². The molecule has 0 unspecified atom stereocenters. The van der Waals surface area contributed by atoms with Gasteiger partial charge in [0, 0.05) is 57.7 Å². The van der Waals surface area contributed by atoms with Crippen LogP contribution in [-0.2, 0) is 11.3 Å². The maximum absolute atomic E-state index is 11.4. The highest BCUT2D eigenvalue weighted by atomic mass is 16.1. The van der Waals surface area contributed by atoms with Gasteiger partial charge in [-0.25, -0.2) is 9.97 Å². The largest absolute Gasteiger partial charge is 0.338 e. The summed E-state index contributed by atoms with van der Waals surface area (Å²) < 4.78 is 1.90. The summed E-state index contributed by atoms with van der Waals surface area (Å²) in [6, 6.07) is 1.85. The number of amides is 1.